The van der Waals surface area contributed by atoms with Crippen LogP contribution in [-0.2, 0) is 4.79 Å². The van der Waals surface area contributed by atoms with E-state index < -0.39 is 23.5 Å². The van der Waals surface area contributed by atoms with Gasteiger partial charge in [0.1, 0.15) is 0 Å². The summed E-state index contributed by atoms with van der Waals surface area (Å²) in [6, 6.07) is 7.69. The molecule has 0 spiro atoms. The third kappa shape index (κ3) is 6.76. The quantitative estimate of drug-likeness (QED) is 0.491. The molecule has 3 atom stereocenters. The van der Waals surface area contributed by atoms with E-state index in [1.165, 1.54) is 4.68 Å². The van der Waals surface area contributed by atoms with Crippen molar-refractivity contribution in [3.63, 3.8) is 0 Å². The topological polar surface area (TPSA) is 123 Å². The molecule has 2 fully saturated rings. The van der Waals surface area contributed by atoms with Crippen LogP contribution >= 0.6 is 0 Å². The Hall–Kier alpha value is -3.23. The molecule has 9 nitrogen and oxygen atoms in total. The zero-order valence-electron chi connectivity index (χ0n) is 21.8. The summed E-state index contributed by atoms with van der Waals surface area (Å²) in [7, 11) is 0. The number of Topliss-reactive ketones (excluding diaryl/α,β-unsaturated/α-hetero) is 1. The third-order valence-corrected chi connectivity index (χ3v) is 7.50. The highest BCUT2D eigenvalue weighted by Crippen LogP contribution is 2.27. The zero-order chi connectivity index (χ0) is 26.4. The van der Waals surface area contributed by atoms with Crippen molar-refractivity contribution < 1.29 is 18.8 Å². The predicted molar refractivity (Wildman–Crippen MR) is 138 cm³/mol. The van der Waals surface area contributed by atoms with Crippen molar-refractivity contribution in [1.29, 1.82) is 0 Å². The highest BCUT2D eigenvalue weighted by Gasteiger charge is 2.36. The number of nitrogens with zero attached hydrogens (tertiary/aromatic N) is 2. The van der Waals surface area contributed by atoms with E-state index in [0.717, 1.165) is 44.9 Å². The minimum atomic E-state index is -0.863. The van der Waals surface area contributed by atoms with Crippen molar-refractivity contribution in [3.05, 3.63) is 52.3 Å². The first-order chi connectivity index (χ1) is 17.8. The van der Waals surface area contributed by atoms with Gasteiger partial charge in [0.05, 0.1) is 18.0 Å². The lowest BCUT2D eigenvalue weighted by Gasteiger charge is -2.32. The van der Waals surface area contributed by atoms with E-state index in [2.05, 4.69) is 15.7 Å². The summed E-state index contributed by atoms with van der Waals surface area (Å²) in [4.78, 5) is 52.1. The molecule has 0 radical (unpaired) electrons. The number of carbonyl (C=O) groups is 3. The summed E-state index contributed by atoms with van der Waals surface area (Å²) in [6.07, 6.45) is 8.34. The smallest absolute Gasteiger partial charge is 0.384 e. The van der Waals surface area contributed by atoms with Gasteiger partial charge < -0.3 is 15.1 Å². The highest BCUT2D eigenvalue weighted by atomic mass is 16.4. The molecule has 0 bridgehead atoms. The minimum absolute atomic E-state index is 0.0547. The normalized spacial score (nSPS) is 21.4. The van der Waals surface area contributed by atoms with Crippen molar-refractivity contribution in [3.8, 4) is 0 Å². The number of amides is 2. The first kappa shape index (κ1) is 26.8. The molecular formula is C28H38N4O5. The van der Waals surface area contributed by atoms with Crippen LogP contribution in [0.4, 0.5) is 0 Å². The molecule has 1 aromatic heterocycles. The van der Waals surface area contributed by atoms with Crippen LogP contribution in [0.1, 0.15) is 105 Å². The lowest BCUT2D eigenvalue weighted by molar-refractivity contribution is -0.127. The van der Waals surface area contributed by atoms with Crippen molar-refractivity contribution in [2.75, 3.05) is 0 Å². The van der Waals surface area contributed by atoms with E-state index in [1.54, 1.807) is 24.3 Å². The van der Waals surface area contributed by atoms with Crippen molar-refractivity contribution in [2.45, 2.75) is 96.2 Å². The fourth-order valence-corrected chi connectivity index (χ4v) is 5.53. The van der Waals surface area contributed by atoms with Gasteiger partial charge in [0.15, 0.2) is 0 Å². The Morgan fingerprint density at radius 2 is 1.68 bits per heavy atom. The largest absolute Gasteiger partial charge is 0.437 e. The molecule has 2 aromatic rings. The summed E-state index contributed by atoms with van der Waals surface area (Å²) >= 11 is 0. The Balaban J connectivity index is 1.47. The number of benzene rings is 1. The van der Waals surface area contributed by atoms with Crippen LogP contribution in [0.15, 0.2) is 39.5 Å². The molecule has 0 saturated heterocycles. The molecule has 4 rings (SSSR count). The van der Waals surface area contributed by atoms with Crippen molar-refractivity contribution in [1.82, 2.24) is 20.4 Å². The van der Waals surface area contributed by atoms with E-state index >= 15 is 0 Å². The zero-order valence-corrected chi connectivity index (χ0v) is 21.8. The van der Waals surface area contributed by atoms with Crippen LogP contribution in [0.2, 0.25) is 0 Å². The number of nitrogens with one attached hydrogen (secondary N) is 2. The number of aromatic nitrogens is 2. The van der Waals surface area contributed by atoms with E-state index in [1.807, 2.05) is 19.9 Å². The number of ketones is 1. The van der Waals surface area contributed by atoms with Gasteiger partial charge in [-0.3, -0.25) is 14.4 Å². The molecule has 0 aliphatic heterocycles. The van der Waals surface area contributed by atoms with E-state index in [0.29, 0.717) is 24.8 Å². The lowest BCUT2D eigenvalue weighted by atomic mass is 9.83. The number of rotatable bonds is 9. The van der Waals surface area contributed by atoms with Gasteiger partial charge in [-0.2, -0.15) is 4.68 Å². The second-order valence-electron chi connectivity index (χ2n) is 10.8. The Morgan fingerprint density at radius 1 is 1.00 bits per heavy atom. The standard InChI is InChI=1S/C28H38N4O5/c1-18(2)17-23(24(33)27-31-32(28(36)37-27)20-13-7-4-8-14-20)30-26(35)21-15-9-10-16-22(21)29-25(34)19-11-5-3-6-12-19/h3,5-6,11-12,18,20-23H,4,7-10,13-17H2,1-2H3,(H,29,34)(H,30,35)/t21-,22+,23+/m1/s1. The average molecular weight is 511 g/mol. The monoisotopic (exact) mass is 510 g/mol. The van der Waals surface area contributed by atoms with E-state index in [-0.39, 0.29) is 35.7 Å². The molecule has 2 N–H and O–H groups in total. The van der Waals surface area contributed by atoms with Gasteiger partial charge in [0.25, 0.3) is 11.8 Å². The maximum Gasteiger partial charge on any atom is 0.437 e. The molecule has 2 aliphatic carbocycles. The summed E-state index contributed by atoms with van der Waals surface area (Å²) in [5.41, 5.74) is 0.545. The van der Waals surface area contributed by atoms with Crippen molar-refractivity contribution >= 4 is 17.6 Å². The van der Waals surface area contributed by atoms with Crippen LogP contribution in [0.5, 0.6) is 0 Å². The molecule has 0 unspecified atom stereocenters. The SMILES string of the molecule is CC(C)C[C@H](NC(=O)[C@@H]1CCCC[C@@H]1NC(=O)c1ccccc1)C(=O)c1nn(C2CCCCC2)c(=O)o1. The number of hydrogen-bond acceptors (Lipinski definition) is 6. The van der Waals surface area contributed by atoms with Crippen molar-refractivity contribution in [2.24, 2.45) is 11.8 Å². The van der Waals surface area contributed by atoms with Crippen LogP contribution < -0.4 is 16.4 Å². The van der Waals surface area contributed by atoms with Gasteiger partial charge >= 0.3 is 5.76 Å². The second-order valence-corrected chi connectivity index (χ2v) is 10.8. The molecule has 200 valence electrons. The molecule has 2 aliphatic rings. The maximum absolute atomic E-state index is 13.4. The molecule has 9 heteroatoms. The summed E-state index contributed by atoms with van der Waals surface area (Å²) in [5.74, 6) is -2.19. The van der Waals surface area contributed by atoms with Crippen LogP contribution in [0.25, 0.3) is 0 Å². The van der Waals surface area contributed by atoms with Gasteiger partial charge in [-0.15, -0.1) is 5.10 Å². The van der Waals surface area contributed by atoms with Gasteiger partial charge in [0.2, 0.25) is 11.7 Å². The van der Waals surface area contributed by atoms with Gasteiger partial charge in [-0.1, -0.05) is 64.2 Å². The predicted octanol–water partition coefficient (Wildman–Crippen LogP) is 4.04. The summed E-state index contributed by atoms with van der Waals surface area (Å²) < 4.78 is 6.58. The first-order valence-electron chi connectivity index (χ1n) is 13.6. The minimum Gasteiger partial charge on any atom is -0.384 e. The molecule has 2 amide bonds. The first-order valence-corrected chi connectivity index (χ1v) is 13.6. The Kier molecular flexibility index (Phi) is 8.95. The van der Waals surface area contributed by atoms with Crippen LogP contribution in [0, 0.1) is 11.8 Å². The van der Waals surface area contributed by atoms with E-state index in [4.69, 9.17) is 4.42 Å². The summed E-state index contributed by atoms with van der Waals surface area (Å²) in [6.45, 7) is 3.93. The fourth-order valence-electron chi connectivity index (χ4n) is 5.53. The molecule has 1 aromatic carbocycles. The Labute approximate surface area is 217 Å². The highest BCUT2D eigenvalue weighted by molar-refractivity contribution is 5.99. The van der Waals surface area contributed by atoms with Gasteiger partial charge in [-0.25, -0.2) is 4.79 Å². The molecular weight excluding hydrogens is 472 g/mol. The molecule has 2 saturated carbocycles. The fraction of sp³-hybridized carbons (Fsp3) is 0.607. The third-order valence-electron chi connectivity index (χ3n) is 7.50. The Morgan fingerprint density at radius 3 is 2.38 bits per heavy atom. The Bertz CT molecular complexity index is 1130. The van der Waals surface area contributed by atoms with Crippen LogP contribution in [0.3, 0.4) is 0 Å². The maximum atomic E-state index is 13.4. The number of hydrogen-bond donors (Lipinski definition) is 2. The van der Waals surface area contributed by atoms with E-state index in [9.17, 15) is 19.2 Å². The van der Waals surface area contributed by atoms with Gasteiger partial charge in [0, 0.05) is 11.6 Å². The number of carbonyl (C=O) groups excluding carboxylic acids is 3. The summed E-state index contributed by atoms with van der Waals surface area (Å²) in [5, 5.41) is 10.2. The molecule has 37 heavy (non-hydrogen) atoms. The second kappa shape index (κ2) is 12.3. The average Bonchev–Trinajstić information content (AvgIpc) is 3.30. The van der Waals surface area contributed by atoms with Crippen LogP contribution in [-0.4, -0.2) is 39.5 Å². The van der Waals surface area contributed by atoms with Gasteiger partial charge in [-0.05, 0) is 50.2 Å². The molecule has 1 heterocycles. The lowest BCUT2D eigenvalue weighted by Crippen LogP contribution is -2.52.